The number of halogens is 3. The maximum absolute atomic E-state index is 14.3. The van der Waals surface area contributed by atoms with Crippen LogP contribution in [-0.2, 0) is 16.5 Å². The number of hydrogen-bond donors (Lipinski definition) is 1. The van der Waals surface area contributed by atoms with Gasteiger partial charge in [0.15, 0.2) is 5.78 Å². The molecule has 11 heteroatoms. The van der Waals surface area contributed by atoms with Gasteiger partial charge < -0.3 is 5.32 Å². The van der Waals surface area contributed by atoms with E-state index in [9.17, 15) is 32.9 Å². The van der Waals surface area contributed by atoms with Crippen LogP contribution in [0.1, 0.15) is 45.8 Å². The molecule has 1 spiro atoms. The quantitative estimate of drug-likeness (QED) is 0.296. The van der Waals surface area contributed by atoms with Gasteiger partial charge in [-0.3, -0.25) is 29.6 Å². The Hall–Kier alpha value is -4.12. The molecule has 3 aliphatic rings. The first-order valence-electron chi connectivity index (χ1n) is 12.1. The molecule has 4 atom stereocenters. The minimum Gasteiger partial charge on any atom is -0.323 e. The molecule has 6 rings (SSSR count). The van der Waals surface area contributed by atoms with Crippen LogP contribution in [0.15, 0.2) is 67.0 Å². The molecule has 38 heavy (non-hydrogen) atoms. The fourth-order valence-electron chi connectivity index (χ4n) is 6.73. The lowest BCUT2D eigenvalue weighted by atomic mass is 9.68. The number of para-hydroxylation sites is 1. The summed E-state index contributed by atoms with van der Waals surface area (Å²) in [5, 5.41) is 14.1. The standard InChI is InChI=1S/C27H21F3N4O4/c28-27(29,30)19-9-2-8-18-23(19)32-25(36)26(18)22(24(35)16-6-3-11-31-14-16)21(20-10-4-12-33(20)26)15-5-1-7-17(13-15)34(37)38/h1-3,5-9,11,13-14,20-22H,4,10,12H2,(H,32,36)/t20?,21?,22?,26-/m1/s1. The molecule has 2 saturated heterocycles. The number of fused-ring (bicyclic) bond motifs is 4. The Labute approximate surface area is 214 Å². The van der Waals surface area contributed by atoms with E-state index in [4.69, 9.17) is 0 Å². The van der Waals surface area contributed by atoms with Crippen LogP contribution in [0.2, 0.25) is 0 Å². The van der Waals surface area contributed by atoms with Crippen molar-refractivity contribution in [2.24, 2.45) is 5.92 Å². The summed E-state index contributed by atoms with van der Waals surface area (Å²) in [5.74, 6) is -2.99. The highest BCUT2D eigenvalue weighted by atomic mass is 19.4. The molecule has 1 amide bonds. The first-order chi connectivity index (χ1) is 18.2. The number of nitro benzene ring substituents is 1. The van der Waals surface area contributed by atoms with Crippen LogP contribution in [-0.4, -0.2) is 39.1 Å². The van der Waals surface area contributed by atoms with Gasteiger partial charge in [0.25, 0.3) is 5.69 Å². The molecule has 4 heterocycles. The predicted octanol–water partition coefficient (Wildman–Crippen LogP) is 4.92. The highest BCUT2D eigenvalue weighted by Gasteiger charge is 2.70. The third-order valence-electron chi connectivity index (χ3n) is 8.04. The molecule has 3 aliphatic heterocycles. The molecule has 0 saturated carbocycles. The summed E-state index contributed by atoms with van der Waals surface area (Å²) in [6.45, 7) is 0.385. The Morgan fingerprint density at radius 3 is 2.66 bits per heavy atom. The molecule has 0 radical (unpaired) electrons. The van der Waals surface area contributed by atoms with Crippen molar-refractivity contribution in [1.82, 2.24) is 9.88 Å². The van der Waals surface area contributed by atoms with Gasteiger partial charge in [0, 0.05) is 47.6 Å². The SMILES string of the molecule is O=C(c1cccnc1)C1C(c2cccc([N+](=O)[O-])c2)C2CCCN2[C@@]12C(=O)Nc1c(C(F)(F)F)cccc12. The molecule has 0 bridgehead atoms. The van der Waals surface area contributed by atoms with Gasteiger partial charge in [-0.25, -0.2) is 0 Å². The number of rotatable bonds is 4. The molecule has 3 aromatic rings. The number of nitrogens with zero attached hydrogens (tertiary/aromatic N) is 3. The Balaban J connectivity index is 1.64. The van der Waals surface area contributed by atoms with Gasteiger partial charge >= 0.3 is 6.18 Å². The zero-order chi connectivity index (χ0) is 26.8. The minimum atomic E-state index is -4.73. The first-order valence-corrected chi connectivity index (χ1v) is 12.1. The summed E-state index contributed by atoms with van der Waals surface area (Å²) in [6.07, 6.45) is -0.634. The van der Waals surface area contributed by atoms with Crippen molar-refractivity contribution in [2.75, 3.05) is 11.9 Å². The molecule has 0 aliphatic carbocycles. The minimum absolute atomic E-state index is 0.0967. The van der Waals surface area contributed by atoms with Crippen LogP contribution in [0, 0.1) is 16.0 Å². The number of aromatic nitrogens is 1. The predicted molar refractivity (Wildman–Crippen MR) is 129 cm³/mol. The fourth-order valence-corrected chi connectivity index (χ4v) is 6.73. The molecule has 2 fully saturated rings. The largest absolute Gasteiger partial charge is 0.418 e. The van der Waals surface area contributed by atoms with Crippen LogP contribution in [0.25, 0.3) is 0 Å². The van der Waals surface area contributed by atoms with Gasteiger partial charge in [0.2, 0.25) is 5.91 Å². The van der Waals surface area contributed by atoms with Crippen molar-refractivity contribution < 1.29 is 27.7 Å². The average molecular weight is 522 g/mol. The number of ketones is 1. The maximum Gasteiger partial charge on any atom is 0.418 e. The molecular weight excluding hydrogens is 501 g/mol. The van der Waals surface area contributed by atoms with E-state index in [1.807, 2.05) is 4.90 Å². The Morgan fingerprint density at radius 1 is 1.16 bits per heavy atom. The van der Waals surface area contributed by atoms with Crippen LogP contribution in [0.5, 0.6) is 0 Å². The lowest BCUT2D eigenvalue weighted by molar-refractivity contribution is -0.384. The second-order valence-electron chi connectivity index (χ2n) is 9.81. The molecule has 8 nitrogen and oxygen atoms in total. The van der Waals surface area contributed by atoms with Gasteiger partial charge in [-0.2, -0.15) is 13.2 Å². The number of nitro groups is 1. The molecule has 2 aromatic carbocycles. The van der Waals surface area contributed by atoms with E-state index >= 15 is 0 Å². The zero-order valence-electron chi connectivity index (χ0n) is 19.8. The van der Waals surface area contributed by atoms with Crippen LogP contribution >= 0.6 is 0 Å². The van der Waals surface area contributed by atoms with Crippen LogP contribution < -0.4 is 5.32 Å². The number of hydrogen-bond acceptors (Lipinski definition) is 6. The fraction of sp³-hybridized carbons (Fsp3) is 0.296. The van der Waals surface area contributed by atoms with E-state index in [0.29, 0.717) is 24.9 Å². The number of carbonyl (C=O) groups is 2. The number of benzene rings is 2. The molecule has 3 unspecified atom stereocenters. The van der Waals surface area contributed by atoms with E-state index in [0.717, 1.165) is 6.07 Å². The van der Waals surface area contributed by atoms with Crippen molar-refractivity contribution in [3.05, 3.63) is 99.4 Å². The van der Waals surface area contributed by atoms with Crippen molar-refractivity contribution in [3.8, 4) is 0 Å². The van der Waals surface area contributed by atoms with Gasteiger partial charge in [-0.15, -0.1) is 0 Å². The van der Waals surface area contributed by atoms with E-state index in [-0.39, 0.29) is 22.5 Å². The molecular formula is C27H21F3N4O4. The van der Waals surface area contributed by atoms with E-state index in [2.05, 4.69) is 10.3 Å². The number of carbonyl (C=O) groups excluding carboxylic acids is 2. The van der Waals surface area contributed by atoms with Gasteiger partial charge in [0.05, 0.1) is 22.1 Å². The molecule has 194 valence electrons. The van der Waals surface area contributed by atoms with Crippen molar-refractivity contribution in [2.45, 2.75) is 36.5 Å². The smallest absolute Gasteiger partial charge is 0.323 e. The number of amides is 1. The topological polar surface area (TPSA) is 105 Å². The second kappa shape index (κ2) is 8.45. The maximum atomic E-state index is 14.3. The third kappa shape index (κ3) is 3.31. The number of pyridine rings is 1. The Morgan fingerprint density at radius 2 is 1.95 bits per heavy atom. The van der Waals surface area contributed by atoms with Crippen molar-refractivity contribution >= 4 is 23.1 Å². The summed E-state index contributed by atoms with van der Waals surface area (Å²) in [4.78, 5) is 45.2. The second-order valence-corrected chi connectivity index (χ2v) is 9.81. The molecule has 1 N–H and O–H groups in total. The van der Waals surface area contributed by atoms with Gasteiger partial charge in [-0.1, -0.05) is 24.3 Å². The third-order valence-corrected chi connectivity index (χ3v) is 8.04. The lowest BCUT2D eigenvalue weighted by Crippen LogP contribution is -2.52. The van der Waals surface area contributed by atoms with E-state index < -0.39 is 51.8 Å². The van der Waals surface area contributed by atoms with Crippen LogP contribution in [0.4, 0.5) is 24.5 Å². The summed E-state index contributed by atoms with van der Waals surface area (Å²) < 4.78 is 42.0. The summed E-state index contributed by atoms with van der Waals surface area (Å²) in [6, 6.07) is 12.3. The summed E-state index contributed by atoms with van der Waals surface area (Å²) in [7, 11) is 0. The number of nitrogens with one attached hydrogen (secondary N) is 1. The van der Waals surface area contributed by atoms with Crippen LogP contribution in [0.3, 0.4) is 0 Å². The molecule has 1 aromatic heterocycles. The van der Waals surface area contributed by atoms with Crippen molar-refractivity contribution in [3.63, 3.8) is 0 Å². The lowest BCUT2D eigenvalue weighted by Gasteiger charge is -2.37. The zero-order valence-corrected chi connectivity index (χ0v) is 19.8. The number of alkyl halides is 3. The Kier molecular flexibility index (Phi) is 5.39. The van der Waals surface area contributed by atoms with E-state index in [1.165, 1.54) is 42.7 Å². The first kappa shape index (κ1) is 24.2. The number of Topliss-reactive ketones (excluding diaryl/α,β-unsaturated/α-hetero) is 1. The number of non-ortho nitro benzene ring substituents is 1. The highest BCUT2D eigenvalue weighted by Crippen LogP contribution is 2.62. The van der Waals surface area contributed by atoms with E-state index in [1.54, 1.807) is 18.2 Å². The highest BCUT2D eigenvalue weighted by molar-refractivity contribution is 6.13. The Bertz CT molecular complexity index is 1480. The monoisotopic (exact) mass is 522 g/mol. The van der Waals surface area contributed by atoms with Gasteiger partial charge in [-0.05, 0) is 43.1 Å². The summed E-state index contributed by atoms with van der Waals surface area (Å²) >= 11 is 0. The van der Waals surface area contributed by atoms with Gasteiger partial charge in [0.1, 0.15) is 5.54 Å². The normalized spacial score (nSPS) is 26.3. The summed E-state index contributed by atoms with van der Waals surface area (Å²) in [5.41, 5.74) is -2.43. The average Bonchev–Trinajstić information content (AvgIpc) is 3.56. The number of anilines is 1. The van der Waals surface area contributed by atoms with Crippen molar-refractivity contribution in [1.29, 1.82) is 0 Å².